The third kappa shape index (κ3) is 6.10. The minimum Gasteiger partial charge on any atom is -0.444 e. The van der Waals surface area contributed by atoms with E-state index in [9.17, 15) is 22.5 Å². The molecule has 12 heteroatoms. The molecule has 4 heterocycles. The number of hydrogen-bond acceptors (Lipinski definition) is 7. The largest absolute Gasteiger partial charge is 0.444 e. The molecule has 1 fully saturated rings. The number of nitrogens with one attached hydrogen (secondary N) is 1. The maximum Gasteiger partial charge on any atom is 0.419 e. The number of fused-ring (bicyclic) bond motifs is 5. The SMILES string of the molecule is C=C1Nc2nc(nc3cnc(P4(=O)CCN(C(=O)OC(C)(C)C)CC4)c(C(F)(F)F)c23)CCCCc2ccccc21. The van der Waals surface area contributed by atoms with Crippen molar-refractivity contribution in [3.8, 4) is 0 Å². The number of halogens is 3. The first-order valence-corrected chi connectivity index (χ1v) is 15.7. The van der Waals surface area contributed by atoms with Gasteiger partial charge in [0.05, 0.1) is 22.7 Å². The number of rotatable bonds is 1. The third-order valence-corrected chi connectivity index (χ3v) is 10.2. The van der Waals surface area contributed by atoms with Gasteiger partial charge in [0.1, 0.15) is 29.8 Å². The highest BCUT2D eigenvalue weighted by Crippen LogP contribution is 2.50. The fraction of sp³-hybridized carbons (Fsp3) is 0.448. The fourth-order valence-corrected chi connectivity index (χ4v) is 7.99. The molecule has 2 aliphatic heterocycles. The van der Waals surface area contributed by atoms with E-state index in [0.29, 0.717) is 17.9 Å². The number of alkyl halides is 3. The number of aromatic nitrogens is 3. The molecule has 0 radical (unpaired) electrons. The molecule has 1 N–H and O–H groups in total. The van der Waals surface area contributed by atoms with Crippen molar-refractivity contribution in [2.45, 2.75) is 58.2 Å². The summed E-state index contributed by atoms with van der Waals surface area (Å²) in [6, 6.07) is 7.64. The van der Waals surface area contributed by atoms with Crippen LogP contribution in [0.5, 0.6) is 0 Å². The molecule has 2 aromatic heterocycles. The normalized spacial score (nSPS) is 17.8. The van der Waals surface area contributed by atoms with E-state index in [0.717, 1.165) is 30.4 Å². The number of nitrogens with zero attached hydrogens (tertiary/aromatic N) is 4. The lowest BCUT2D eigenvalue weighted by molar-refractivity contribution is -0.135. The zero-order valence-corrected chi connectivity index (χ0v) is 24.2. The number of aryl methyl sites for hydroxylation is 2. The molecular weight excluding hydrogens is 554 g/mol. The minimum absolute atomic E-state index is 0.00264. The van der Waals surface area contributed by atoms with Crippen LogP contribution in [-0.4, -0.2) is 57.0 Å². The van der Waals surface area contributed by atoms with Crippen molar-refractivity contribution in [3.05, 3.63) is 59.6 Å². The van der Waals surface area contributed by atoms with Crippen LogP contribution in [0.25, 0.3) is 16.6 Å². The summed E-state index contributed by atoms with van der Waals surface area (Å²) in [6.45, 7) is 9.29. The molecular formula is C29H33F3N5O3P. The Bertz CT molecular complexity index is 1560. The second-order valence-corrected chi connectivity index (χ2v) is 14.6. The number of amides is 1. The molecule has 3 aromatic rings. The average molecular weight is 588 g/mol. The van der Waals surface area contributed by atoms with Crippen LogP contribution in [0.3, 0.4) is 0 Å². The van der Waals surface area contributed by atoms with Gasteiger partial charge in [-0.15, -0.1) is 0 Å². The number of pyridine rings is 1. The van der Waals surface area contributed by atoms with Crippen molar-refractivity contribution < 1.29 is 27.3 Å². The smallest absolute Gasteiger partial charge is 0.419 e. The van der Waals surface area contributed by atoms with Crippen molar-refractivity contribution >= 4 is 41.1 Å². The summed E-state index contributed by atoms with van der Waals surface area (Å²) in [5.74, 6) is 0.361. The van der Waals surface area contributed by atoms with E-state index < -0.39 is 36.0 Å². The van der Waals surface area contributed by atoms with E-state index in [4.69, 9.17) is 4.74 Å². The van der Waals surface area contributed by atoms with Crippen molar-refractivity contribution in [1.82, 2.24) is 19.9 Å². The van der Waals surface area contributed by atoms with Crippen LogP contribution in [-0.2, 0) is 28.3 Å². The Balaban J connectivity index is 1.60. The number of hydrogen-bond donors (Lipinski definition) is 1. The molecule has 218 valence electrons. The first-order valence-electron chi connectivity index (χ1n) is 13.6. The van der Waals surface area contributed by atoms with Crippen molar-refractivity contribution in [2.24, 2.45) is 0 Å². The molecule has 1 amide bonds. The van der Waals surface area contributed by atoms with Gasteiger partial charge in [-0.1, -0.05) is 30.8 Å². The molecule has 0 unspecified atom stereocenters. The van der Waals surface area contributed by atoms with Gasteiger partial charge in [0.25, 0.3) is 0 Å². The van der Waals surface area contributed by atoms with E-state index in [2.05, 4.69) is 26.8 Å². The monoisotopic (exact) mass is 587 g/mol. The number of anilines is 1. The maximum absolute atomic E-state index is 14.9. The predicted molar refractivity (Wildman–Crippen MR) is 153 cm³/mol. The molecule has 2 aliphatic rings. The van der Waals surface area contributed by atoms with Gasteiger partial charge < -0.3 is 19.5 Å². The first-order chi connectivity index (χ1) is 19.2. The standard InChI is InChI=1S/C29H33F3N5O3P/c1-18-20-11-7-5-9-19(20)10-6-8-12-22-35-21-17-33-26(24(29(30,31)32)23(21)25(34-18)36-22)41(39)15-13-37(14-16-41)27(38)40-28(2,3)4/h5,7,9,11,17H,1,6,8,10,12-16H2,2-4H3,(H,34,35,36). The minimum atomic E-state index is -4.89. The first kappa shape index (κ1) is 29.0. The highest BCUT2D eigenvalue weighted by atomic mass is 31.2. The molecule has 2 bridgehead atoms. The van der Waals surface area contributed by atoms with Gasteiger partial charge in [-0.25, -0.2) is 14.8 Å². The molecule has 0 saturated carbocycles. The van der Waals surface area contributed by atoms with Crippen molar-refractivity contribution in [2.75, 3.05) is 30.7 Å². The van der Waals surface area contributed by atoms with Crippen LogP contribution in [0, 0.1) is 0 Å². The Morgan fingerprint density at radius 2 is 1.76 bits per heavy atom. The third-order valence-electron chi connectivity index (χ3n) is 7.26. The summed E-state index contributed by atoms with van der Waals surface area (Å²) in [5.41, 5.74) is -0.0617. The van der Waals surface area contributed by atoms with E-state index in [1.807, 2.05) is 24.3 Å². The van der Waals surface area contributed by atoms with E-state index in [1.165, 1.54) is 11.1 Å². The lowest BCUT2D eigenvalue weighted by atomic mass is 9.99. The molecule has 41 heavy (non-hydrogen) atoms. The lowest BCUT2D eigenvalue weighted by Crippen LogP contribution is -2.44. The molecule has 1 aromatic carbocycles. The summed E-state index contributed by atoms with van der Waals surface area (Å²) in [5, 5.41) is 2.76. The van der Waals surface area contributed by atoms with Crippen molar-refractivity contribution in [3.63, 3.8) is 0 Å². The number of carbonyl (C=O) groups is 1. The van der Waals surface area contributed by atoms with Gasteiger partial charge in [-0.3, -0.25) is 4.98 Å². The summed E-state index contributed by atoms with van der Waals surface area (Å²) >= 11 is 0. The Labute approximate surface area is 236 Å². The number of ether oxygens (including phenoxy) is 1. The summed E-state index contributed by atoms with van der Waals surface area (Å²) in [4.78, 5) is 27.0. The topological polar surface area (TPSA) is 97.3 Å². The summed E-state index contributed by atoms with van der Waals surface area (Å²) in [7, 11) is -3.65. The summed E-state index contributed by atoms with van der Waals surface area (Å²) < 4.78 is 64.3. The van der Waals surface area contributed by atoms with Gasteiger partial charge in [-0.05, 0) is 45.6 Å². The second-order valence-electron chi connectivity index (χ2n) is 11.5. The van der Waals surface area contributed by atoms with Crippen LogP contribution in [0.4, 0.5) is 23.8 Å². The van der Waals surface area contributed by atoms with Crippen LogP contribution in [0.1, 0.15) is 56.1 Å². The highest BCUT2D eigenvalue weighted by molar-refractivity contribution is 7.71. The van der Waals surface area contributed by atoms with Gasteiger partial charge in [0.2, 0.25) is 0 Å². The van der Waals surface area contributed by atoms with Gasteiger partial charge in [0, 0.05) is 43.1 Å². The lowest BCUT2D eigenvalue weighted by Gasteiger charge is -2.34. The molecule has 0 atom stereocenters. The number of benzene rings is 1. The van der Waals surface area contributed by atoms with E-state index in [-0.39, 0.29) is 42.1 Å². The van der Waals surface area contributed by atoms with Gasteiger partial charge in [0.15, 0.2) is 0 Å². The molecule has 0 aliphatic carbocycles. The quantitative estimate of drug-likeness (QED) is 0.337. The van der Waals surface area contributed by atoms with Gasteiger partial charge >= 0.3 is 12.3 Å². The number of carbonyl (C=O) groups excluding carboxylic acids is 1. The van der Waals surface area contributed by atoms with E-state index >= 15 is 0 Å². The second kappa shape index (κ2) is 10.7. The fourth-order valence-electron chi connectivity index (χ4n) is 5.29. The summed E-state index contributed by atoms with van der Waals surface area (Å²) in [6.07, 6.45) is -1.62. The Hall–Kier alpha value is -3.46. The molecule has 5 rings (SSSR count). The van der Waals surface area contributed by atoms with Gasteiger partial charge in [-0.2, -0.15) is 13.2 Å². The Kier molecular flexibility index (Phi) is 7.61. The van der Waals surface area contributed by atoms with Crippen LogP contribution in [0.2, 0.25) is 0 Å². The van der Waals surface area contributed by atoms with Crippen LogP contribution in [0.15, 0.2) is 37.0 Å². The van der Waals surface area contributed by atoms with Crippen LogP contribution < -0.4 is 10.8 Å². The van der Waals surface area contributed by atoms with E-state index in [1.54, 1.807) is 20.8 Å². The zero-order chi connectivity index (χ0) is 29.6. The maximum atomic E-state index is 14.9. The average Bonchev–Trinajstić information content (AvgIpc) is 2.91. The highest BCUT2D eigenvalue weighted by Gasteiger charge is 2.45. The van der Waals surface area contributed by atoms with Crippen LogP contribution >= 0.6 is 7.14 Å². The zero-order valence-electron chi connectivity index (χ0n) is 23.3. The predicted octanol–water partition coefficient (Wildman–Crippen LogP) is 6.24. The van der Waals surface area contributed by atoms with Crippen molar-refractivity contribution in [1.29, 1.82) is 0 Å². The molecule has 1 saturated heterocycles. The molecule has 8 nitrogen and oxygen atoms in total. The Morgan fingerprint density at radius 3 is 2.44 bits per heavy atom. The molecule has 0 spiro atoms. The Morgan fingerprint density at radius 1 is 1.07 bits per heavy atom.